The van der Waals surface area contributed by atoms with Gasteiger partial charge in [-0.25, -0.2) is 12.7 Å². The maximum absolute atomic E-state index is 12.5. The molecule has 2 saturated heterocycles. The number of guanidine groups is 1. The molecule has 2 aliphatic heterocycles. The molecule has 11 heteroatoms. The Morgan fingerprint density at radius 2 is 1.73 bits per heavy atom. The van der Waals surface area contributed by atoms with Gasteiger partial charge in [0, 0.05) is 70.1 Å². The molecule has 1 N–H and O–H groups in total. The van der Waals surface area contributed by atoms with E-state index in [1.807, 2.05) is 23.9 Å². The van der Waals surface area contributed by atoms with Crippen LogP contribution in [-0.4, -0.2) is 101 Å². The standard InChI is InChI=1S/C19H31N5O3S2.HI/c1-20-19(21-7-16-29(25,26)24-12-14-28-15-13-24)23-10-8-22(9-11-23)17-3-5-18(27-2)6-4-17;/h3-6H,7-16H2,1-2H3,(H,20,21);1H. The van der Waals surface area contributed by atoms with Crippen LogP contribution in [0.4, 0.5) is 5.69 Å². The normalized spacial score (nSPS) is 18.7. The van der Waals surface area contributed by atoms with Crippen molar-refractivity contribution in [2.24, 2.45) is 4.99 Å². The zero-order chi connectivity index (χ0) is 20.7. The van der Waals surface area contributed by atoms with Gasteiger partial charge in [-0.15, -0.1) is 24.0 Å². The highest BCUT2D eigenvalue weighted by atomic mass is 127. The Morgan fingerprint density at radius 3 is 2.30 bits per heavy atom. The molecule has 0 radical (unpaired) electrons. The largest absolute Gasteiger partial charge is 0.497 e. The minimum Gasteiger partial charge on any atom is -0.497 e. The van der Waals surface area contributed by atoms with E-state index in [2.05, 4.69) is 32.2 Å². The van der Waals surface area contributed by atoms with Crippen molar-refractivity contribution in [1.82, 2.24) is 14.5 Å². The molecule has 1 aromatic carbocycles. The number of rotatable bonds is 6. The van der Waals surface area contributed by atoms with Gasteiger partial charge in [0.1, 0.15) is 5.75 Å². The average molecular weight is 570 g/mol. The van der Waals surface area contributed by atoms with Crippen LogP contribution in [0.1, 0.15) is 0 Å². The van der Waals surface area contributed by atoms with Crippen LogP contribution in [0, 0.1) is 0 Å². The Kier molecular flexibility index (Phi) is 10.3. The molecule has 0 amide bonds. The number of hydrogen-bond acceptors (Lipinski definition) is 6. The third-order valence-corrected chi connectivity index (χ3v) is 8.05. The molecule has 0 aliphatic carbocycles. The summed E-state index contributed by atoms with van der Waals surface area (Å²) < 4.78 is 31.8. The first-order valence-electron chi connectivity index (χ1n) is 9.93. The number of sulfonamides is 1. The third kappa shape index (κ3) is 6.79. The number of nitrogens with zero attached hydrogens (tertiary/aromatic N) is 4. The molecule has 8 nitrogen and oxygen atoms in total. The van der Waals surface area contributed by atoms with Crippen molar-refractivity contribution in [2.75, 3.05) is 82.1 Å². The minimum atomic E-state index is -3.20. The van der Waals surface area contributed by atoms with E-state index in [0.717, 1.165) is 49.4 Å². The molecule has 0 spiro atoms. The van der Waals surface area contributed by atoms with Crippen LogP contribution in [0.3, 0.4) is 0 Å². The Labute approximate surface area is 201 Å². The smallest absolute Gasteiger partial charge is 0.215 e. The van der Waals surface area contributed by atoms with Crippen molar-refractivity contribution < 1.29 is 13.2 Å². The van der Waals surface area contributed by atoms with Crippen molar-refractivity contribution in [3.63, 3.8) is 0 Å². The number of aliphatic imine (C=N–C) groups is 1. The number of anilines is 1. The summed E-state index contributed by atoms with van der Waals surface area (Å²) in [5.74, 6) is 3.49. The Hall–Kier alpha value is -0.920. The summed E-state index contributed by atoms with van der Waals surface area (Å²) in [6.07, 6.45) is 0. The summed E-state index contributed by atoms with van der Waals surface area (Å²) in [4.78, 5) is 8.87. The van der Waals surface area contributed by atoms with Gasteiger partial charge in [0.15, 0.2) is 5.96 Å². The number of thioether (sulfide) groups is 1. The molecule has 2 aliphatic rings. The lowest BCUT2D eigenvalue weighted by atomic mass is 10.2. The molecule has 0 aromatic heterocycles. The Bertz CT molecular complexity index is 778. The molecule has 30 heavy (non-hydrogen) atoms. The summed E-state index contributed by atoms with van der Waals surface area (Å²) in [5.41, 5.74) is 1.18. The zero-order valence-electron chi connectivity index (χ0n) is 17.6. The summed E-state index contributed by atoms with van der Waals surface area (Å²) >= 11 is 1.81. The first-order chi connectivity index (χ1) is 14.0. The van der Waals surface area contributed by atoms with Crippen molar-refractivity contribution in [2.45, 2.75) is 0 Å². The molecule has 0 atom stereocenters. The molecule has 170 valence electrons. The molecular weight excluding hydrogens is 537 g/mol. The fourth-order valence-corrected chi connectivity index (χ4v) is 6.04. The van der Waals surface area contributed by atoms with Crippen LogP contribution in [0.25, 0.3) is 0 Å². The number of piperazine rings is 1. The molecule has 2 fully saturated rings. The summed E-state index contributed by atoms with van der Waals surface area (Å²) in [6.45, 7) is 5.05. The van der Waals surface area contributed by atoms with Crippen molar-refractivity contribution in [1.29, 1.82) is 0 Å². The van der Waals surface area contributed by atoms with E-state index in [1.54, 1.807) is 18.5 Å². The SMILES string of the molecule is CN=C(NCCS(=O)(=O)N1CCSCC1)N1CCN(c2ccc(OC)cc2)CC1.I. The van der Waals surface area contributed by atoms with Crippen LogP contribution < -0.4 is 15.0 Å². The first-order valence-corrected chi connectivity index (χ1v) is 12.7. The van der Waals surface area contributed by atoms with Gasteiger partial charge >= 0.3 is 0 Å². The van der Waals surface area contributed by atoms with Gasteiger partial charge in [-0.3, -0.25) is 4.99 Å². The number of ether oxygens (including phenoxy) is 1. The number of halogens is 1. The van der Waals surface area contributed by atoms with E-state index in [9.17, 15) is 8.42 Å². The van der Waals surface area contributed by atoms with E-state index in [-0.39, 0.29) is 29.7 Å². The Balaban J connectivity index is 0.00000320. The number of hydrogen-bond donors (Lipinski definition) is 1. The summed E-state index contributed by atoms with van der Waals surface area (Å²) in [7, 11) is 0.211. The van der Waals surface area contributed by atoms with Gasteiger partial charge < -0.3 is 19.9 Å². The minimum absolute atomic E-state index is 0. The highest BCUT2D eigenvalue weighted by Crippen LogP contribution is 2.20. The molecule has 0 bridgehead atoms. The molecule has 3 rings (SSSR count). The lowest BCUT2D eigenvalue weighted by Crippen LogP contribution is -2.53. The van der Waals surface area contributed by atoms with E-state index in [1.165, 1.54) is 5.69 Å². The second-order valence-electron chi connectivity index (χ2n) is 6.97. The van der Waals surface area contributed by atoms with Gasteiger partial charge in [-0.2, -0.15) is 11.8 Å². The molecule has 0 saturated carbocycles. The fourth-order valence-electron chi connectivity index (χ4n) is 3.55. The van der Waals surface area contributed by atoms with Gasteiger partial charge in [-0.05, 0) is 24.3 Å². The predicted molar refractivity (Wildman–Crippen MR) is 136 cm³/mol. The lowest BCUT2D eigenvalue weighted by Gasteiger charge is -2.37. The maximum atomic E-state index is 12.5. The van der Waals surface area contributed by atoms with Gasteiger partial charge in [0.2, 0.25) is 10.0 Å². The quantitative estimate of drug-likeness (QED) is 0.315. The van der Waals surface area contributed by atoms with E-state index in [0.29, 0.717) is 19.6 Å². The number of methoxy groups -OCH3 is 1. The molecule has 2 heterocycles. The van der Waals surface area contributed by atoms with E-state index < -0.39 is 10.0 Å². The summed E-state index contributed by atoms with van der Waals surface area (Å²) in [5, 5.41) is 3.23. The first kappa shape index (κ1) is 25.3. The van der Waals surface area contributed by atoms with Crippen LogP contribution >= 0.6 is 35.7 Å². The molecular formula is C19H32IN5O3S2. The lowest BCUT2D eigenvalue weighted by molar-refractivity contribution is 0.373. The topological polar surface area (TPSA) is 77.5 Å². The van der Waals surface area contributed by atoms with E-state index >= 15 is 0 Å². The van der Waals surface area contributed by atoms with Gasteiger partial charge in [0.25, 0.3) is 0 Å². The Morgan fingerprint density at radius 1 is 1.10 bits per heavy atom. The fraction of sp³-hybridized carbons (Fsp3) is 0.632. The highest BCUT2D eigenvalue weighted by Gasteiger charge is 2.24. The van der Waals surface area contributed by atoms with Gasteiger partial charge in [0.05, 0.1) is 12.9 Å². The van der Waals surface area contributed by atoms with Crippen LogP contribution in [0.5, 0.6) is 5.75 Å². The zero-order valence-corrected chi connectivity index (χ0v) is 21.6. The van der Waals surface area contributed by atoms with Crippen LogP contribution in [-0.2, 0) is 10.0 Å². The number of nitrogens with one attached hydrogen (secondary N) is 1. The van der Waals surface area contributed by atoms with Crippen LogP contribution in [0.15, 0.2) is 29.3 Å². The molecule has 0 unspecified atom stereocenters. The van der Waals surface area contributed by atoms with Crippen molar-refractivity contribution in [3.05, 3.63) is 24.3 Å². The maximum Gasteiger partial charge on any atom is 0.215 e. The average Bonchev–Trinajstić information content (AvgIpc) is 2.77. The predicted octanol–water partition coefficient (Wildman–Crippen LogP) is 1.39. The second-order valence-corrected chi connectivity index (χ2v) is 10.3. The highest BCUT2D eigenvalue weighted by molar-refractivity contribution is 14.0. The van der Waals surface area contributed by atoms with Crippen molar-refractivity contribution >= 4 is 57.4 Å². The van der Waals surface area contributed by atoms with E-state index in [4.69, 9.17) is 4.74 Å². The van der Waals surface area contributed by atoms with Gasteiger partial charge in [-0.1, -0.05) is 0 Å². The summed E-state index contributed by atoms with van der Waals surface area (Å²) in [6, 6.07) is 8.10. The van der Waals surface area contributed by atoms with Crippen molar-refractivity contribution in [3.8, 4) is 5.75 Å². The third-order valence-electron chi connectivity index (χ3n) is 5.24. The molecule has 1 aromatic rings. The second kappa shape index (κ2) is 12.2. The number of benzene rings is 1. The van der Waals surface area contributed by atoms with Crippen LogP contribution in [0.2, 0.25) is 0 Å². The monoisotopic (exact) mass is 569 g/mol.